The van der Waals surface area contributed by atoms with Gasteiger partial charge in [-0.1, -0.05) is 42.5 Å². The van der Waals surface area contributed by atoms with Gasteiger partial charge in [0.05, 0.1) is 7.11 Å². The highest BCUT2D eigenvalue weighted by molar-refractivity contribution is 5.88. The first-order chi connectivity index (χ1) is 11.2. The predicted molar refractivity (Wildman–Crippen MR) is 90.8 cm³/mol. The molecule has 0 radical (unpaired) electrons. The molecule has 2 aromatic carbocycles. The zero-order chi connectivity index (χ0) is 15.8. The molecule has 3 heteroatoms. The first-order valence-electron chi connectivity index (χ1n) is 8.02. The molecule has 0 spiro atoms. The van der Waals surface area contributed by atoms with Crippen LogP contribution in [0.5, 0.6) is 0 Å². The number of hydrogen-bond acceptors (Lipinski definition) is 2. The van der Waals surface area contributed by atoms with Crippen molar-refractivity contribution < 1.29 is 9.53 Å². The quantitative estimate of drug-likeness (QED) is 0.736. The van der Waals surface area contributed by atoms with E-state index in [4.69, 9.17) is 4.74 Å². The first-order valence-corrected chi connectivity index (χ1v) is 8.02. The molecule has 0 saturated carbocycles. The molecule has 1 atom stereocenters. The molecule has 1 aliphatic carbocycles. The Balaban J connectivity index is 1.60. The van der Waals surface area contributed by atoms with Crippen LogP contribution in [-0.4, -0.2) is 18.1 Å². The fraction of sp³-hybridized carbons (Fsp3) is 0.250. The largest absolute Gasteiger partial charge is 0.464 e. The standard InChI is InChI=1S/C20H19NO2/c1-23-20(22)19-12-17-16(8-9-18(17)21-19)11-13-6-7-14-4-2-3-5-15(14)10-13/h2-7,10,12,16,21H,8-9,11H2,1H3. The van der Waals surface area contributed by atoms with Crippen molar-refractivity contribution in [3.05, 3.63) is 71.0 Å². The lowest BCUT2D eigenvalue weighted by Crippen LogP contribution is -2.02. The van der Waals surface area contributed by atoms with Crippen molar-refractivity contribution in [1.82, 2.24) is 4.98 Å². The van der Waals surface area contributed by atoms with E-state index in [9.17, 15) is 4.79 Å². The number of nitrogens with one attached hydrogen (secondary N) is 1. The number of methoxy groups -OCH3 is 1. The Morgan fingerprint density at radius 1 is 1.17 bits per heavy atom. The van der Waals surface area contributed by atoms with Crippen LogP contribution in [0.25, 0.3) is 10.8 Å². The summed E-state index contributed by atoms with van der Waals surface area (Å²) in [6.07, 6.45) is 3.15. The van der Waals surface area contributed by atoms with Crippen molar-refractivity contribution in [2.45, 2.75) is 25.2 Å². The summed E-state index contributed by atoms with van der Waals surface area (Å²) in [6, 6.07) is 17.1. The number of aromatic amines is 1. The number of hydrogen-bond donors (Lipinski definition) is 1. The van der Waals surface area contributed by atoms with E-state index in [1.807, 2.05) is 6.07 Å². The number of carbonyl (C=O) groups is 1. The van der Waals surface area contributed by atoms with Crippen molar-refractivity contribution >= 4 is 16.7 Å². The van der Waals surface area contributed by atoms with E-state index in [1.54, 1.807) is 0 Å². The monoisotopic (exact) mass is 305 g/mol. The molecular weight excluding hydrogens is 286 g/mol. The van der Waals surface area contributed by atoms with Gasteiger partial charge in [0.25, 0.3) is 0 Å². The fourth-order valence-corrected chi connectivity index (χ4v) is 3.64. The van der Waals surface area contributed by atoms with Gasteiger partial charge in [-0.25, -0.2) is 4.79 Å². The maximum absolute atomic E-state index is 11.7. The highest BCUT2D eigenvalue weighted by Gasteiger charge is 2.26. The van der Waals surface area contributed by atoms with E-state index in [-0.39, 0.29) is 5.97 Å². The number of esters is 1. The van der Waals surface area contributed by atoms with E-state index in [0.29, 0.717) is 11.6 Å². The number of aryl methyl sites for hydroxylation is 1. The average molecular weight is 305 g/mol. The summed E-state index contributed by atoms with van der Waals surface area (Å²) in [5, 5.41) is 2.56. The lowest BCUT2D eigenvalue weighted by atomic mass is 9.93. The molecule has 3 aromatic rings. The van der Waals surface area contributed by atoms with E-state index in [1.165, 1.54) is 34.7 Å². The zero-order valence-corrected chi connectivity index (χ0v) is 13.1. The minimum Gasteiger partial charge on any atom is -0.464 e. The minimum atomic E-state index is -0.288. The number of ether oxygens (including phenoxy) is 1. The average Bonchev–Trinajstić information content (AvgIpc) is 3.16. The lowest BCUT2D eigenvalue weighted by molar-refractivity contribution is 0.0594. The van der Waals surface area contributed by atoms with Crippen molar-refractivity contribution in [2.75, 3.05) is 7.11 Å². The molecule has 23 heavy (non-hydrogen) atoms. The van der Waals surface area contributed by atoms with Crippen LogP contribution >= 0.6 is 0 Å². The van der Waals surface area contributed by atoms with Crippen molar-refractivity contribution in [2.24, 2.45) is 0 Å². The van der Waals surface area contributed by atoms with Gasteiger partial charge in [0.2, 0.25) is 0 Å². The smallest absolute Gasteiger partial charge is 0.354 e. The van der Waals surface area contributed by atoms with Gasteiger partial charge in [-0.3, -0.25) is 0 Å². The van der Waals surface area contributed by atoms with Crippen molar-refractivity contribution in [3.8, 4) is 0 Å². The number of aromatic nitrogens is 1. The fourth-order valence-electron chi connectivity index (χ4n) is 3.64. The van der Waals surface area contributed by atoms with Gasteiger partial charge in [-0.05, 0) is 53.1 Å². The van der Waals surface area contributed by atoms with Gasteiger partial charge in [0, 0.05) is 5.69 Å². The second-order valence-electron chi connectivity index (χ2n) is 6.23. The summed E-state index contributed by atoms with van der Waals surface area (Å²) < 4.78 is 4.80. The third kappa shape index (κ3) is 2.52. The molecule has 1 N–H and O–H groups in total. The maximum Gasteiger partial charge on any atom is 0.354 e. The number of H-pyrrole nitrogens is 1. The Kier molecular flexibility index (Phi) is 3.41. The molecule has 116 valence electrons. The Hall–Kier alpha value is -2.55. The molecule has 0 bridgehead atoms. The van der Waals surface area contributed by atoms with Crippen LogP contribution in [0, 0.1) is 0 Å². The first kappa shape index (κ1) is 14.1. The molecule has 1 aliphatic rings. The number of fused-ring (bicyclic) bond motifs is 2. The van der Waals surface area contributed by atoms with E-state index < -0.39 is 0 Å². The van der Waals surface area contributed by atoms with Crippen LogP contribution in [0.2, 0.25) is 0 Å². The Labute approximate surface area is 135 Å². The van der Waals surface area contributed by atoms with E-state index in [2.05, 4.69) is 47.4 Å². The summed E-state index contributed by atoms with van der Waals surface area (Å²) in [7, 11) is 1.42. The molecule has 1 aromatic heterocycles. The second kappa shape index (κ2) is 5.58. The number of carbonyl (C=O) groups excluding carboxylic acids is 1. The van der Waals surface area contributed by atoms with Crippen molar-refractivity contribution in [1.29, 1.82) is 0 Å². The van der Waals surface area contributed by atoms with Crippen LogP contribution in [0.1, 0.15) is 39.6 Å². The van der Waals surface area contributed by atoms with Gasteiger partial charge in [0.15, 0.2) is 0 Å². The molecule has 0 aliphatic heterocycles. The number of rotatable bonds is 3. The molecule has 1 unspecified atom stereocenters. The Morgan fingerprint density at radius 3 is 2.83 bits per heavy atom. The van der Waals surface area contributed by atoms with Crippen LogP contribution in [0.4, 0.5) is 0 Å². The zero-order valence-electron chi connectivity index (χ0n) is 13.1. The molecule has 1 heterocycles. The second-order valence-corrected chi connectivity index (χ2v) is 6.23. The SMILES string of the molecule is COC(=O)c1cc2c([nH]1)CCC2Cc1ccc2ccccc2c1. The lowest BCUT2D eigenvalue weighted by Gasteiger charge is -2.11. The molecule has 0 amide bonds. The van der Waals surface area contributed by atoms with Gasteiger partial charge in [0.1, 0.15) is 5.69 Å². The minimum absolute atomic E-state index is 0.288. The third-order valence-corrected chi connectivity index (χ3v) is 4.82. The van der Waals surface area contributed by atoms with Crippen LogP contribution in [0.3, 0.4) is 0 Å². The molecule has 0 saturated heterocycles. The molecular formula is C20H19NO2. The molecule has 4 rings (SSSR count). The van der Waals surface area contributed by atoms with Gasteiger partial charge < -0.3 is 9.72 Å². The Bertz CT molecular complexity index is 878. The van der Waals surface area contributed by atoms with E-state index >= 15 is 0 Å². The molecule has 3 nitrogen and oxygen atoms in total. The third-order valence-electron chi connectivity index (χ3n) is 4.82. The van der Waals surface area contributed by atoms with Crippen LogP contribution < -0.4 is 0 Å². The predicted octanol–water partition coefficient (Wildman–Crippen LogP) is 4.23. The Morgan fingerprint density at radius 2 is 2.00 bits per heavy atom. The summed E-state index contributed by atoms with van der Waals surface area (Å²) in [5.74, 6) is 0.185. The summed E-state index contributed by atoms with van der Waals surface area (Å²) in [6.45, 7) is 0. The highest BCUT2D eigenvalue weighted by atomic mass is 16.5. The van der Waals surface area contributed by atoms with Crippen LogP contribution in [-0.2, 0) is 17.6 Å². The van der Waals surface area contributed by atoms with Crippen molar-refractivity contribution in [3.63, 3.8) is 0 Å². The summed E-state index contributed by atoms with van der Waals surface area (Å²) in [4.78, 5) is 14.9. The molecule has 0 fully saturated rings. The van der Waals surface area contributed by atoms with Crippen LogP contribution in [0.15, 0.2) is 48.5 Å². The normalized spacial score (nSPS) is 16.5. The number of benzene rings is 2. The van der Waals surface area contributed by atoms with Gasteiger partial charge >= 0.3 is 5.97 Å². The van der Waals surface area contributed by atoms with E-state index in [0.717, 1.165) is 19.3 Å². The summed E-state index contributed by atoms with van der Waals surface area (Å²) in [5.41, 5.74) is 4.39. The van der Waals surface area contributed by atoms with Gasteiger partial charge in [-0.15, -0.1) is 0 Å². The van der Waals surface area contributed by atoms with Gasteiger partial charge in [-0.2, -0.15) is 0 Å². The summed E-state index contributed by atoms with van der Waals surface area (Å²) >= 11 is 0. The topological polar surface area (TPSA) is 42.1 Å². The maximum atomic E-state index is 11.7. The highest BCUT2D eigenvalue weighted by Crippen LogP contribution is 2.36.